The van der Waals surface area contributed by atoms with Crippen molar-refractivity contribution in [3.63, 3.8) is 0 Å². The summed E-state index contributed by atoms with van der Waals surface area (Å²) < 4.78 is 11.1. The average molecular weight is 296 g/mol. The second-order valence-corrected chi connectivity index (χ2v) is 5.26. The predicted octanol–water partition coefficient (Wildman–Crippen LogP) is 3.47. The van der Waals surface area contributed by atoms with Gasteiger partial charge in [0.15, 0.2) is 11.5 Å². The number of hydrogen-bond donors (Lipinski definition) is 1. The summed E-state index contributed by atoms with van der Waals surface area (Å²) in [6, 6.07) is 5.52. The molecule has 1 heterocycles. The number of fused-ring (bicyclic) bond motifs is 1. The summed E-state index contributed by atoms with van der Waals surface area (Å²) >= 11 is 6.19. The fourth-order valence-corrected chi connectivity index (χ4v) is 2.53. The topological polar surface area (TPSA) is 62.5 Å². The van der Waals surface area contributed by atoms with E-state index in [0.717, 1.165) is 12.8 Å². The van der Waals surface area contributed by atoms with E-state index in [1.54, 1.807) is 12.1 Å². The molecule has 0 spiro atoms. The Morgan fingerprint density at radius 3 is 2.85 bits per heavy atom. The van der Waals surface area contributed by atoms with Crippen LogP contribution in [-0.4, -0.2) is 18.3 Å². The van der Waals surface area contributed by atoms with Gasteiger partial charge in [0, 0.05) is 6.42 Å². The Hall–Kier alpha value is -1.44. The smallest absolute Gasteiger partial charge is 0.179 e. The molecule has 1 aromatic rings. The third-order valence-corrected chi connectivity index (χ3v) is 3.59. The molecule has 0 aromatic heterocycles. The molecule has 1 N–H and O–H groups in total. The molecular formula is C15H18ClNO3. The molecule has 1 aliphatic heterocycles. The SMILES string of the molecule is CCCC(C#N)C(O)c1cc(Cl)c2c(c1)OCCCO2. The van der Waals surface area contributed by atoms with Crippen LogP contribution in [0.1, 0.15) is 37.9 Å². The lowest BCUT2D eigenvalue weighted by atomic mass is 9.93. The van der Waals surface area contributed by atoms with Gasteiger partial charge in [0.25, 0.3) is 0 Å². The van der Waals surface area contributed by atoms with Crippen LogP contribution in [0.2, 0.25) is 5.02 Å². The number of nitriles is 1. The van der Waals surface area contributed by atoms with Gasteiger partial charge in [0.1, 0.15) is 0 Å². The van der Waals surface area contributed by atoms with Crippen molar-refractivity contribution >= 4 is 11.6 Å². The molecule has 20 heavy (non-hydrogen) atoms. The fraction of sp³-hybridized carbons (Fsp3) is 0.533. The quantitative estimate of drug-likeness (QED) is 0.924. The van der Waals surface area contributed by atoms with Crippen LogP contribution in [0.15, 0.2) is 12.1 Å². The van der Waals surface area contributed by atoms with Gasteiger partial charge in [0.2, 0.25) is 0 Å². The highest BCUT2D eigenvalue weighted by atomic mass is 35.5. The highest BCUT2D eigenvalue weighted by Gasteiger charge is 2.24. The summed E-state index contributed by atoms with van der Waals surface area (Å²) in [7, 11) is 0. The van der Waals surface area contributed by atoms with Crippen LogP contribution >= 0.6 is 11.6 Å². The molecule has 1 aromatic carbocycles. The molecule has 0 fully saturated rings. The minimum Gasteiger partial charge on any atom is -0.489 e. The van der Waals surface area contributed by atoms with E-state index in [4.69, 9.17) is 26.3 Å². The molecule has 0 amide bonds. The second kappa shape index (κ2) is 6.83. The van der Waals surface area contributed by atoms with Crippen molar-refractivity contribution < 1.29 is 14.6 Å². The van der Waals surface area contributed by atoms with Gasteiger partial charge in [0.05, 0.1) is 36.3 Å². The summed E-state index contributed by atoms with van der Waals surface area (Å²) in [5.41, 5.74) is 0.597. The number of ether oxygens (including phenoxy) is 2. The van der Waals surface area contributed by atoms with Crippen LogP contribution in [-0.2, 0) is 0 Å². The molecule has 108 valence electrons. The first-order valence-electron chi connectivity index (χ1n) is 6.84. The zero-order chi connectivity index (χ0) is 14.5. The molecule has 2 rings (SSSR count). The van der Waals surface area contributed by atoms with E-state index in [9.17, 15) is 5.11 Å². The van der Waals surface area contributed by atoms with E-state index in [1.165, 1.54) is 0 Å². The highest BCUT2D eigenvalue weighted by molar-refractivity contribution is 6.32. The van der Waals surface area contributed by atoms with E-state index in [0.29, 0.717) is 41.7 Å². The van der Waals surface area contributed by atoms with Gasteiger partial charge in [-0.05, 0) is 24.1 Å². The molecule has 1 aliphatic rings. The average Bonchev–Trinajstić information content (AvgIpc) is 2.69. The number of nitrogens with zero attached hydrogens (tertiary/aromatic N) is 1. The van der Waals surface area contributed by atoms with Crippen molar-refractivity contribution in [2.45, 2.75) is 32.3 Å². The summed E-state index contributed by atoms with van der Waals surface area (Å²) in [4.78, 5) is 0. The van der Waals surface area contributed by atoms with Crippen LogP contribution in [0.25, 0.3) is 0 Å². The van der Waals surface area contributed by atoms with Crippen molar-refractivity contribution in [1.82, 2.24) is 0 Å². The standard InChI is InChI=1S/C15H18ClNO3/c1-2-4-10(9-17)14(18)11-7-12(16)15-13(8-11)19-5-3-6-20-15/h7-8,10,14,18H,2-6H2,1H3. The van der Waals surface area contributed by atoms with E-state index in [-0.39, 0.29) is 0 Å². The lowest BCUT2D eigenvalue weighted by Crippen LogP contribution is -2.11. The lowest BCUT2D eigenvalue weighted by molar-refractivity contribution is 0.129. The molecule has 5 heteroatoms. The predicted molar refractivity (Wildman–Crippen MR) is 76.0 cm³/mol. The van der Waals surface area contributed by atoms with Gasteiger partial charge in [-0.25, -0.2) is 0 Å². The van der Waals surface area contributed by atoms with Gasteiger partial charge in [-0.15, -0.1) is 0 Å². The molecule has 0 saturated heterocycles. The zero-order valence-corrected chi connectivity index (χ0v) is 12.2. The first kappa shape index (κ1) is 15.0. The van der Waals surface area contributed by atoms with Crippen molar-refractivity contribution in [2.75, 3.05) is 13.2 Å². The van der Waals surface area contributed by atoms with Crippen molar-refractivity contribution in [1.29, 1.82) is 5.26 Å². The molecule has 0 bridgehead atoms. The van der Waals surface area contributed by atoms with Crippen LogP contribution < -0.4 is 9.47 Å². The molecule has 0 radical (unpaired) electrons. The van der Waals surface area contributed by atoms with Crippen molar-refractivity contribution in [2.24, 2.45) is 5.92 Å². The highest BCUT2D eigenvalue weighted by Crippen LogP contribution is 2.40. The summed E-state index contributed by atoms with van der Waals surface area (Å²) in [5, 5.41) is 19.9. The Morgan fingerprint density at radius 2 is 2.15 bits per heavy atom. The molecular weight excluding hydrogens is 278 g/mol. The minimum absolute atomic E-state index is 0.409. The Labute approximate surface area is 123 Å². The van der Waals surface area contributed by atoms with Crippen LogP contribution in [0.5, 0.6) is 11.5 Å². The zero-order valence-electron chi connectivity index (χ0n) is 11.4. The number of halogens is 1. The van der Waals surface area contributed by atoms with Gasteiger partial charge in [-0.3, -0.25) is 0 Å². The number of rotatable bonds is 4. The third-order valence-electron chi connectivity index (χ3n) is 3.31. The first-order chi connectivity index (χ1) is 9.67. The lowest BCUT2D eigenvalue weighted by Gasteiger charge is -2.18. The monoisotopic (exact) mass is 295 g/mol. The Morgan fingerprint density at radius 1 is 1.40 bits per heavy atom. The first-order valence-corrected chi connectivity index (χ1v) is 7.22. The molecule has 4 nitrogen and oxygen atoms in total. The van der Waals surface area contributed by atoms with Crippen LogP contribution in [0.3, 0.4) is 0 Å². The van der Waals surface area contributed by atoms with Crippen LogP contribution in [0, 0.1) is 17.2 Å². The Bertz CT molecular complexity index is 513. The van der Waals surface area contributed by atoms with Crippen LogP contribution in [0.4, 0.5) is 0 Å². The Balaban J connectivity index is 2.31. The van der Waals surface area contributed by atoms with E-state index < -0.39 is 12.0 Å². The number of aliphatic hydroxyl groups is 1. The van der Waals surface area contributed by atoms with E-state index in [1.807, 2.05) is 6.92 Å². The Kier molecular flexibility index (Phi) is 5.11. The summed E-state index contributed by atoms with van der Waals surface area (Å²) in [6.45, 7) is 3.10. The largest absolute Gasteiger partial charge is 0.489 e. The molecule has 0 saturated carbocycles. The van der Waals surface area contributed by atoms with Gasteiger partial charge < -0.3 is 14.6 Å². The number of hydrogen-bond acceptors (Lipinski definition) is 4. The summed E-state index contributed by atoms with van der Waals surface area (Å²) in [5.74, 6) is 0.613. The summed E-state index contributed by atoms with van der Waals surface area (Å²) in [6.07, 6.45) is 1.41. The number of aliphatic hydroxyl groups excluding tert-OH is 1. The molecule has 2 unspecified atom stereocenters. The maximum absolute atomic E-state index is 10.3. The second-order valence-electron chi connectivity index (χ2n) is 4.85. The van der Waals surface area contributed by atoms with Crippen molar-refractivity contribution in [3.8, 4) is 17.6 Å². The molecule has 0 aliphatic carbocycles. The van der Waals surface area contributed by atoms with E-state index in [2.05, 4.69) is 6.07 Å². The maximum atomic E-state index is 10.3. The normalized spacial score (nSPS) is 16.9. The maximum Gasteiger partial charge on any atom is 0.179 e. The molecule has 2 atom stereocenters. The van der Waals surface area contributed by atoms with Gasteiger partial charge >= 0.3 is 0 Å². The third kappa shape index (κ3) is 3.17. The fourth-order valence-electron chi connectivity index (χ4n) is 2.26. The minimum atomic E-state index is -0.866. The van der Waals surface area contributed by atoms with Gasteiger partial charge in [-0.1, -0.05) is 24.9 Å². The van der Waals surface area contributed by atoms with Gasteiger partial charge in [-0.2, -0.15) is 5.26 Å². The van der Waals surface area contributed by atoms with E-state index >= 15 is 0 Å². The van der Waals surface area contributed by atoms with Crippen molar-refractivity contribution in [3.05, 3.63) is 22.7 Å². The number of benzene rings is 1.